The maximum atomic E-state index is 12.0. The molecule has 0 aromatic carbocycles. The lowest BCUT2D eigenvalue weighted by molar-refractivity contribution is -0.150. The number of anilines is 1. The number of aliphatic carboxylic acids is 1. The quantitative estimate of drug-likeness (QED) is 0.864. The maximum Gasteiger partial charge on any atom is 0.324 e. The Balaban J connectivity index is 2.01. The summed E-state index contributed by atoms with van der Waals surface area (Å²) >= 11 is 1.37. The number of carbonyl (C=O) groups excluding carboxylic acids is 1. The van der Waals surface area contributed by atoms with Crippen molar-refractivity contribution in [1.82, 2.24) is 9.88 Å². The van der Waals surface area contributed by atoms with Gasteiger partial charge in [-0.3, -0.25) is 14.5 Å². The van der Waals surface area contributed by atoms with E-state index in [1.165, 1.54) is 11.3 Å². The molecule has 1 fully saturated rings. The van der Waals surface area contributed by atoms with Crippen molar-refractivity contribution in [3.63, 3.8) is 0 Å². The Labute approximate surface area is 121 Å². The predicted octanol–water partition coefficient (Wildman–Crippen LogP) is 1.72. The van der Waals surface area contributed by atoms with Crippen molar-refractivity contribution < 1.29 is 14.7 Å². The number of carboxylic acid groups (broad SMARTS) is 1. The molecule has 1 aliphatic heterocycles. The van der Waals surface area contributed by atoms with Crippen LogP contribution < -0.4 is 5.32 Å². The number of carbonyl (C=O) groups is 2. The summed E-state index contributed by atoms with van der Waals surface area (Å²) in [4.78, 5) is 29.5. The summed E-state index contributed by atoms with van der Waals surface area (Å²) in [6.45, 7) is 4.46. The van der Waals surface area contributed by atoms with Gasteiger partial charge < -0.3 is 10.4 Å². The minimum absolute atomic E-state index is 0.0960. The molecule has 7 heteroatoms. The van der Waals surface area contributed by atoms with Crippen LogP contribution in [0.15, 0.2) is 5.38 Å². The lowest BCUT2D eigenvalue weighted by Crippen LogP contribution is -2.52. The molecule has 110 valence electrons. The van der Waals surface area contributed by atoms with Crippen molar-refractivity contribution >= 4 is 28.3 Å². The summed E-state index contributed by atoms with van der Waals surface area (Å²) < 4.78 is 0. The zero-order chi connectivity index (χ0) is 14.8. The first-order chi connectivity index (χ1) is 9.48. The molecule has 0 spiro atoms. The molecule has 1 amide bonds. The number of nitrogens with zero attached hydrogens (tertiary/aromatic N) is 2. The molecule has 1 unspecified atom stereocenters. The number of aryl methyl sites for hydroxylation is 1. The number of nitrogens with one attached hydrogen (secondary N) is 1. The van der Waals surface area contributed by atoms with Gasteiger partial charge in [-0.15, -0.1) is 11.3 Å². The average Bonchev–Trinajstić information content (AvgIpc) is 2.96. The van der Waals surface area contributed by atoms with E-state index < -0.39 is 11.5 Å². The van der Waals surface area contributed by atoms with Crippen LogP contribution in [0.25, 0.3) is 0 Å². The molecule has 1 aromatic rings. The highest BCUT2D eigenvalue weighted by molar-refractivity contribution is 7.13. The summed E-state index contributed by atoms with van der Waals surface area (Å²) in [5, 5.41) is 14.6. The molecule has 0 aliphatic carbocycles. The van der Waals surface area contributed by atoms with E-state index in [1.54, 1.807) is 4.90 Å². The van der Waals surface area contributed by atoms with E-state index >= 15 is 0 Å². The Morgan fingerprint density at radius 3 is 2.90 bits per heavy atom. The van der Waals surface area contributed by atoms with E-state index in [9.17, 15) is 14.7 Å². The van der Waals surface area contributed by atoms with Crippen LogP contribution in [0, 0.1) is 6.92 Å². The van der Waals surface area contributed by atoms with E-state index in [1.807, 2.05) is 19.2 Å². The minimum Gasteiger partial charge on any atom is -0.480 e. The van der Waals surface area contributed by atoms with Gasteiger partial charge in [0.15, 0.2) is 5.13 Å². The van der Waals surface area contributed by atoms with Gasteiger partial charge in [-0.2, -0.15) is 0 Å². The summed E-state index contributed by atoms with van der Waals surface area (Å²) in [5.41, 5.74) is -0.0317. The fourth-order valence-corrected chi connectivity index (χ4v) is 3.41. The van der Waals surface area contributed by atoms with Gasteiger partial charge in [-0.25, -0.2) is 4.98 Å². The topological polar surface area (TPSA) is 82.5 Å². The van der Waals surface area contributed by atoms with Gasteiger partial charge in [0.25, 0.3) is 0 Å². The first-order valence-corrected chi connectivity index (χ1v) is 7.56. The second-order valence-electron chi connectivity index (χ2n) is 5.06. The van der Waals surface area contributed by atoms with Crippen LogP contribution in [-0.4, -0.2) is 45.5 Å². The molecule has 1 atom stereocenters. The van der Waals surface area contributed by atoms with Crippen LogP contribution in [0.1, 0.15) is 31.9 Å². The summed E-state index contributed by atoms with van der Waals surface area (Å²) in [5.74, 6) is -1.05. The zero-order valence-corrected chi connectivity index (χ0v) is 12.5. The Hall–Kier alpha value is -1.47. The summed E-state index contributed by atoms with van der Waals surface area (Å²) in [6, 6.07) is 0. The van der Waals surface area contributed by atoms with Crippen molar-refractivity contribution in [3.05, 3.63) is 11.1 Å². The van der Waals surface area contributed by atoms with Crippen molar-refractivity contribution in [1.29, 1.82) is 0 Å². The monoisotopic (exact) mass is 297 g/mol. The number of carboxylic acids is 1. The number of hydrogen-bond acceptors (Lipinski definition) is 5. The fourth-order valence-electron chi connectivity index (χ4n) is 2.70. The normalized spacial score (nSPS) is 22.9. The van der Waals surface area contributed by atoms with Gasteiger partial charge in [0, 0.05) is 5.38 Å². The number of hydrogen-bond donors (Lipinski definition) is 2. The van der Waals surface area contributed by atoms with Crippen LogP contribution >= 0.6 is 11.3 Å². The van der Waals surface area contributed by atoms with Crippen molar-refractivity contribution in [2.75, 3.05) is 18.4 Å². The van der Waals surface area contributed by atoms with Crippen LogP contribution in [0.2, 0.25) is 0 Å². The SMILES string of the molecule is CCC1(C(=O)O)CCCN1CC(=O)Nc1nc(C)cs1. The Bertz CT molecular complexity index is 517. The van der Waals surface area contributed by atoms with Crippen molar-refractivity contribution in [2.45, 2.75) is 38.6 Å². The second-order valence-corrected chi connectivity index (χ2v) is 5.92. The lowest BCUT2D eigenvalue weighted by Gasteiger charge is -2.33. The van der Waals surface area contributed by atoms with E-state index in [4.69, 9.17) is 0 Å². The number of rotatable bonds is 5. The molecular weight excluding hydrogens is 278 g/mol. The van der Waals surface area contributed by atoms with E-state index in [0.29, 0.717) is 24.5 Å². The fraction of sp³-hybridized carbons (Fsp3) is 0.615. The standard InChI is InChI=1S/C13H19N3O3S/c1-3-13(11(18)19)5-4-6-16(13)7-10(17)15-12-14-9(2)8-20-12/h8H,3-7H2,1-2H3,(H,18,19)(H,14,15,17). The first-order valence-electron chi connectivity index (χ1n) is 6.68. The molecule has 0 radical (unpaired) electrons. The van der Waals surface area contributed by atoms with E-state index in [2.05, 4.69) is 10.3 Å². The minimum atomic E-state index is -0.893. The molecule has 2 heterocycles. The third-order valence-corrected chi connectivity index (χ3v) is 4.68. The number of likely N-dealkylation sites (tertiary alicyclic amines) is 1. The first kappa shape index (κ1) is 14.9. The summed E-state index contributed by atoms with van der Waals surface area (Å²) in [7, 11) is 0. The van der Waals surface area contributed by atoms with Crippen molar-refractivity contribution in [3.8, 4) is 0 Å². The van der Waals surface area contributed by atoms with E-state index in [0.717, 1.165) is 12.1 Å². The maximum absolute atomic E-state index is 12.0. The van der Waals surface area contributed by atoms with Gasteiger partial charge in [-0.05, 0) is 32.7 Å². The van der Waals surface area contributed by atoms with Crippen LogP contribution in [0.5, 0.6) is 0 Å². The average molecular weight is 297 g/mol. The highest BCUT2D eigenvalue weighted by Crippen LogP contribution is 2.32. The number of aromatic nitrogens is 1. The smallest absolute Gasteiger partial charge is 0.324 e. The molecule has 1 saturated heterocycles. The zero-order valence-electron chi connectivity index (χ0n) is 11.7. The molecule has 0 saturated carbocycles. The van der Waals surface area contributed by atoms with Crippen LogP contribution in [0.3, 0.4) is 0 Å². The number of amides is 1. The lowest BCUT2D eigenvalue weighted by atomic mass is 9.93. The second kappa shape index (κ2) is 5.88. The van der Waals surface area contributed by atoms with Gasteiger partial charge in [0.2, 0.25) is 5.91 Å². The highest BCUT2D eigenvalue weighted by atomic mass is 32.1. The third kappa shape index (κ3) is 2.83. The highest BCUT2D eigenvalue weighted by Gasteiger charge is 2.46. The summed E-state index contributed by atoms with van der Waals surface area (Å²) in [6.07, 6.45) is 1.91. The molecular formula is C13H19N3O3S. The Kier molecular flexibility index (Phi) is 4.39. The van der Waals surface area contributed by atoms with Crippen LogP contribution in [0.4, 0.5) is 5.13 Å². The molecule has 20 heavy (non-hydrogen) atoms. The van der Waals surface area contributed by atoms with Crippen LogP contribution in [-0.2, 0) is 9.59 Å². The molecule has 1 aromatic heterocycles. The number of thiazole rings is 1. The van der Waals surface area contributed by atoms with Gasteiger partial charge in [0.1, 0.15) is 5.54 Å². The molecule has 2 rings (SSSR count). The van der Waals surface area contributed by atoms with E-state index in [-0.39, 0.29) is 12.5 Å². The largest absolute Gasteiger partial charge is 0.480 e. The van der Waals surface area contributed by atoms with Gasteiger partial charge in [0.05, 0.1) is 12.2 Å². The van der Waals surface area contributed by atoms with Crippen molar-refractivity contribution in [2.24, 2.45) is 0 Å². The third-order valence-electron chi connectivity index (χ3n) is 3.81. The van der Waals surface area contributed by atoms with Gasteiger partial charge >= 0.3 is 5.97 Å². The Morgan fingerprint density at radius 1 is 1.60 bits per heavy atom. The molecule has 2 N–H and O–H groups in total. The molecule has 1 aliphatic rings. The Morgan fingerprint density at radius 2 is 2.35 bits per heavy atom. The predicted molar refractivity (Wildman–Crippen MR) is 76.9 cm³/mol. The molecule has 0 bridgehead atoms. The van der Waals surface area contributed by atoms with Gasteiger partial charge in [-0.1, -0.05) is 6.92 Å². The molecule has 6 nitrogen and oxygen atoms in total.